The molecule has 0 unspecified atom stereocenters. The maximum absolute atomic E-state index is 5.96. The number of rotatable bonds is 4. The van der Waals surface area contributed by atoms with Gasteiger partial charge in [-0.15, -0.1) is 0 Å². The van der Waals surface area contributed by atoms with Crippen molar-refractivity contribution in [1.82, 2.24) is 9.55 Å². The number of aryl methyl sites for hydroxylation is 2. The van der Waals surface area contributed by atoms with E-state index < -0.39 is 0 Å². The van der Waals surface area contributed by atoms with Gasteiger partial charge >= 0.3 is 0 Å². The molecule has 108 valence electrons. The molecule has 0 spiro atoms. The summed E-state index contributed by atoms with van der Waals surface area (Å²) in [5.74, 6) is 1.11. The lowest BCUT2D eigenvalue weighted by molar-refractivity contribution is 0.664. The Hall–Kier alpha value is -2.29. The second-order valence-electron chi connectivity index (χ2n) is 5.60. The summed E-state index contributed by atoms with van der Waals surface area (Å²) >= 11 is 0. The first-order valence-electron chi connectivity index (χ1n) is 7.47. The van der Waals surface area contributed by atoms with E-state index in [0.717, 1.165) is 36.4 Å². The topological polar surface area (TPSA) is 43.8 Å². The largest absolute Gasteiger partial charge is 0.399 e. The maximum atomic E-state index is 5.96. The van der Waals surface area contributed by atoms with E-state index in [1.807, 2.05) is 18.2 Å². The number of nitrogens with two attached hydrogens (primary N) is 1. The Morgan fingerprint density at radius 1 is 1.14 bits per heavy atom. The third-order valence-electron chi connectivity index (χ3n) is 3.70. The van der Waals surface area contributed by atoms with E-state index in [-0.39, 0.29) is 0 Å². The summed E-state index contributed by atoms with van der Waals surface area (Å²) in [6.45, 7) is 5.27. The van der Waals surface area contributed by atoms with Gasteiger partial charge in [0.15, 0.2) is 0 Å². The molecular weight excluding hydrogens is 258 g/mol. The number of para-hydroxylation sites is 2. The molecule has 1 heterocycles. The van der Waals surface area contributed by atoms with Crippen molar-refractivity contribution in [3.05, 3.63) is 59.4 Å². The monoisotopic (exact) mass is 279 g/mol. The molecular formula is C18H21N3. The number of fused-ring (bicyclic) bond motifs is 1. The average molecular weight is 279 g/mol. The second kappa shape index (κ2) is 5.60. The summed E-state index contributed by atoms with van der Waals surface area (Å²) in [5, 5.41) is 0. The van der Waals surface area contributed by atoms with Crippen LogP contribution in [-0.4, -0.2) is 9.55 Å². The lowest BCUT2D eigenvalue weighted by atomic mass is 10.1. The highest BCUT2D eigenvalue weighted by Crippen LogP contribution is 2.20. The van der Waals surface area contributed by atoms with Crippen LogP contribution in [0.1, 0.15) is 30.3 Å². The Balaban J connectivity index is 2.04. The molecule has 0 saturated heterocycles. The molecule has 0 saturated carbocycles. The van der Waals surface area contributed by atoms with Crippen LogP contribution in [0.3, 0.4) is 0 Å². The first-order chi connectivity index (χ1) is 10.2. The number of anilines is 1. The van der Waals surface area contributed by atoms with Crippen LogP contribution in [0, 0.1) is 6.92 Å². The first kappa shape index (κ1) is 13.7. The van der Waals surface area contributed by atoms with Gasteiger partial charge in [0.2, 0.25) is 0 Å². The molecule has 3 nitrogen and oxygen atoms in total. The van der Waals surface area contributed by atoms with Gasteiger partial charge in [0, 0.05) is 18.7 Å². The summed E-state index contributed by atoms with van der Waals surface area (Å²) in [6, 6.07) is 14.6. The molecule has 1 aromatic heterocycles. The number of hydrogen-bond acceptors (Lipinski definition) is 2. The predicted molar refractivity (Wildman–Crippen MR) is 88.4 cm³/mol. The molecule has 0 aliphatic rings. The lowest BCUT2D eigenvalue weighted by Crippen LogP contribution is -2.04. The van der Waals surface area contributed by atoms with Crippen molar-refractivity contribution in [2.24, 2.45) is 0 Å². The molecule has 3 aromatic rings. The van der Waals surface area contributed by atoms with Gasteiger partial charge in [-0.2, -0.15) is 0 Å². The molecule has 21 heavy (non-hydrogen) atoms. The van der Waals surface area contributed by atoms with E-state index in [1.54, 1.807) is 0 Å². The Labute approximate surface area is 125 Å². The Morgan fingerprint density at radius 3 is 2.71 bits per heavy atom. The smallest absolute Gasteiger partial charge is 0.114 e. The molecule has 0 aliphatic heterocycles. The third-order valence-corrected chi connectivity index (χ3v) is 3.70. The molecule has 3 heteroatoms. The fourth-order valence-corrected chi connectivity index (χ4v) is 2.91. The average Bonchev–Trinajstić information content (AvgIpc) is 2.76. The predicted octanol–water partition coefficient (Wildman–Crippen LogP) is 3.93. The Kier molecular flexibility index (Phi) is 3.65. The lowest BCUT2D eigenvalue weighted by Gasteiger charge is -2.09. The van der Waals surface area contributed by atoms with Gasteiger partial charge in [-0.05, 0) is 48.7 Å². The van der Waals surface area contributed by atoms with E-state index in [4.69, 9.17) is 10.7 Å². The molecule has 3 rings (SSSR count). The number of aromatic nitrogens is 2. The fraction of sp³-hybridized carbons (Fsp3) is 0.278. The van der Waals surface area contributed by atoms with Crippen molar-refractivity contribution in [3.8, 4) is 0 Å². The van der Waals surface area contributed by atoms with E-state index in [0.29, 0.717) is 0 Å². The Bertz CT molecular complexity index is 751. The van der Waals surface area contributed by atoms with E-state index in [2.05, 4.69) is 42.7 Å². The minimum Gasteiger partial charge on any atom is -0.399 e. The normalized spacial score (nSPS) is 11.1. The van der Waals surface area contributed by atoms with Gasteiger partial charge in [-0.1, -0.05) is 25.1 Å². The molecule has 2 aromatic carbocycles. The van der Waals surface area contributed by atoms with Crippen LogP contribution in [0.25, 0.3) is 11.0 Å². The van der Waals surface area contributed by atoms with E-state index in [9.17, 15) is 0 Å². The number of nitrogens with zero attached hydrogens (tertiary/aromatic N) is 2. The molecule has 0 fully saturated rings. The van der Waals surface area contributed by atoms with E-state index in [1.165, 1.54) is 16.6 Å². The molecule has 0 bridgehead atoms. The van der Waals surface area contributed by atoms with Gasteiger partial charge < -0.3 is 10.3 Å². The number of hydrogen-bond donors (Lipinski definition) is 1. The van der Waals surface area contributed by atoms with Gasteiger partial charge in [-0.3, -0.25) is 0 Å². The molecule has 2 N–H and O–H groups in total. The Morgan fingerprint density at radius 2 is 1.95 bits per heavy atom. The summed E-state index contributed by atoms with van der Waals surface area (Å²) in [5.41, 5.74) is 11.5. The second-order valence-corrected chi connectivity index (χ2v) is 5.60. The van der Waals surface area contributed by atoms with Crippen LogP contribution in [0.5, 0.6) is 0 Å². The van der Waals surface area contributed by atoms with Crippen molar-refractivity contribution >= 4 is 16.7 Å². The van der Waals surface area contributed by atoms with Crippen LogP contribution >= 0.6 is 0 Å². The van der Waals surface area contributed by atoms with Crippen molar-refractivity contribution in [2.75, 3.05) is 5.73 Å². The fourth-order valence-electron chi connectivity index (χ4n) is 2.91. The standard InChI is InChI=1S/C18H21N3/c1-3-8-21-17-7-5-4-6-16(17)20-18(21)12-14-9-13(2)10-15(19)11-14/h4-7,9-11H,3,8,12,19H2,1-2H3. The minimum atomic E-state index is 0.820. The number of benzene rings is 2. The number of nitrogen functional groups attached to an aromatic ring is 1. The zero-order valence-corrected chi connectivity index (χ0v) is 12.6. The molecule has 0 atom stereocenters. The van der Waals surface area contributed by atoms with Gasteiger partial charge in [-0.25, -0.2) is 4.98 Å². The highest BCUT2D eigenvalue weighted by atomic mass is 15.1. The highest BCUT2D eigenvalue weighted by molar-refractivity contribution is 5.76. The SMILES string of the molecule is CCCn1c(Cc2cc(C)cc(N)c2)nc2ccccc21. The van der Waals surface area contributed by atoms with Crippen molar-refractivity contribution in [2.45, 2.75) is 33.2 Å². The summed E-state index contributed by atoms with van der Waals surface area (Å²) in [6.07, 6.45) is 1.92. The van der Waals surface area contributed by atoms with Gasteiger partial charge in [0.05, 0.1) is 11.0 Å². The first-order valence-corrected chi connectivity index (χ1v) is 7.47. The van der Waals surface area contributed by atoms with E-state index >= 15 is 0 Å². The number of imidazole rings is 1. The van der Waals surface area contributed by atoms with Crippen molar-refractivity contribution in [1.29, 1.82) is 0 Å². The molecule has 0 aliphatic carbocycles. The van der Waals surface area contributed by atoms with Crippen LogP contribution in [-0.2, 0) is 13.0 Å². The maximum Gasteiger partial charge on any atom is 0.114 e. The zero-order valence-electron chi connectivity index (χ0n) is 12.6. The molecule has 0 radical (unpaired) electrons. The zero-order chi connectivity index (χ0) is 14.8. The van der Waals surface area contributed by atoms with Gasteiger partial charge in [0.25, 0.3) is 0 Å². The third kappa shape index (κ3) is 2.77. The van der Waals surface area contributed by atoms with Crippen LogP contribution < -0.4 is 5.73 Å². The van der Waals surface area contributed by atoms with Crippen molar-refractivity contribution < 1.29 is 0 Å². The van der Waals surface area contributed by atoms with Crippen molar-refractivity contribution in [3.63, 3.8) is 0 Å². The quantitative estimate of drug-likeness (QED) is 0.735. The van der Waals surface area contributed by atoms with Crippen LogP contribution in [0.2, 0.25) is 0 Å². The molecule has 0 amide bonds. The summed E-state index contributed by atoms with van der Waals surface area (Å²) < 4.78 is 2.33. The highest BCUT2D eigenvalue weighted by Gasteiger charge is 2.10. The minimum absolute atomic E-state index is 0.820. The summed E-state index contributed by atoms with van der Waals surface area (Å²) in [7, 11) is 0. The van der Waals surface area contributed by atoms with Gasteiger partial charge in [0.1, 0.15) is 5.82 Å². The summed E-state index contributed by atoms with van der Waals surface area (Å²) in [4.78, 5) is 4.81. The van der Waals surface area contributed by atoms with Crippen LogP contribution in [0.15, 0.2) is 42.5 Å². The van der Waals surface area contributed by atoms with Crippen LogP contribution in [0.4, 0.5) is 5.69 Å².